The first kappa shape index (κ1) is 14.9. The molecule has 4 nitrogen and oxygen atoms in total. The number of nitrogens with zero attached hydrogens (tertiary/aromatic N) is 1. The highest BCUT2D eigenvalue weighted by Crippen LogP contribution is 2.15. The third-order valence-corrected chi connectivity index (χ3v) is 3.79. The lowest BCUT2D eigenvalue weighted by molar-refractivity contribution is -0.116. The van der Waals surface area contributed by atoms with Crippen molar-refractivity contribution in [2.75, 3.05) is 25.0 Å². The molecule has 1 aromatic rings. The highest BCUT2D eigenvalue weighted by molar-refractivity contribution is 7.80. The third kappa shape index (κ3) is 4.28. The third-order valence-electron chi connectivity index (χ3n) is 3.57. The summed E-state index contributed by atoms with van der Waals surface area (Å²) >= 11 is 4.99. The zero-order chi connectivity index (χ0) is 14.4. The Balaban J connectivity index is 1.86. The fraction of sp³-hybridized carbons (Fsp3) is 0.467. The van der Waals surface area contributed by atoms with Crippen molar-refractivity contribution in [3.8, 4) is 0 Å². The maximum Gasteiger partial charge on any atom is 0.225 e. The Labute approximate surface area is 125 Å². The van der Waals surface area contributed by atoms with Crippen LogP contribution < -0.4 is 11.1 Å². The highest BCUT2D eigenvalue weighted by Gasteiger charge is 2.13. The molecule has 2 rings (SSSR count). The molecule has 0 aliphatic carbocycles. The first-order valence-electron chi connectivity index (χ1n) is 7.08. The number of hydrogen-bond donors (Lipinski definition) is 2. The fourth-order valence-corrected chi connectivity index (χ4v) is 2.64. The van der Waals surface area contributed by atoms with Crippen molar-refractivity contribution in [2.24, 2.45) is 5.73 Å². The van der Waals surface area contributed by atoms with Crippen LogP contribution in [0.1, 0.15) is 31.2 Å². The molecule has 1 aliphatic heterocycles. The van der Waals surface area contributed by atoms with E-state index in [1.807, 2.05) is 24.3 Å². The van der Waals surface area contributed by atoms with Crippen LogP contribution in [0.3, 0.4) is 0 Å². The van der Waals surface area contributed by atoms with Gasteiger partial charge in [0, 0.05) is 18.5 Å². The summed E-state index contributed by atoms with van der Waals surface area (Å²) in [5.74, 6) is 0.0132. The molecule has 0 spiro atoms. The molecule has 5 heteroatoms. The lowest BCUT2D eigenvalue weighted by Crippen LogP contribution is -2.32. The minimum Gasteiger partial charge on any atom is -0.389 e. The lowest BCUT2D eigenvalue weighted by Gasteiger charge is -2.26. The Morgan fingerprint density at radius 3 is 2.65 bits per heavy atom. The summed E-state index contributed by atoms with van der Waals surface area (Å²) in [4.78, 5) is 14.7. The summed E-state index contributed by atoms with van der Waals surface area (Å²) in [6, 6.07) is 7.37. The molecule has 0 saturated carbocycles. The van der Waals surface area contributed by atoms with E-state index in [-0.39, 0.29) is 5.91 Å². The van der Waals surface area contributed by atoms with Crippen molar-refractivity contribution in [1.82, 2.24) is 4.90 Å². The molecule has 0 atom stereocenters. The number of carbonyl (C=O) groups excluding carboxylic acids is 1. The minimum absolute atomic E-state index is 0.0132. The van der Waals surface area contributed by atoms with Crippen molar-refractivity contribution >= 4 is 28.8 Å². The van der Waals surface area contributed by atoms with E-state index in [0.29, 0.717) is 22.7 Å². The second-order valence-electron chi connectivity index (χ2n) is 5.11. The van der Waals surface area contributed by atoms with Crippen LogP contribution in [0, 0.1) is 0 Å². The Morgan fingerprint density at radius 1 is 1.25 bits per heavy atom. The number of para-hydroxylation sites is 1. The summed E-state index contributed by atoms with van der Waals surface area (Å²) in [7, 11) is 0. The minimum atomic E-state index is 0.0132. The fourth-order valence-electron chi connectivity index (χ4n) is 2.46. The van der Waals surface area contributed by atoms with Crippen LogP contribution in [0.15, 0.2) is 24.3 Å². The molecule has 3 N–H and O–H groups in total. The van der Waals surface area contributed by atoms with Crippen molar-refractivity contribution in [3.63, 3.8) is 0 Å². The highest BCUT2D eigenvalue weighted by atomic mass is 32.1. The van der Waals surface area contributed by atoms with Gasteiger partial charge in [-0.15, -0.1) is 0 Å². The van der Waals surface area contributed by atoms with Gasteiger partial charge in [-0.05, 0) is 38.1 Å². The van der Waals surface area contributed by atoms with Gasteiger partial charge in [-0.3, -0.25) is 4.79 Å². The van der Waals surface area contributed by atoms with E-state index in [0.717, 1.165) is 19.6 Å². The maximum absolute atomic E-state index is 12.0. The number of anilines is 1. The van der Waals surface area contributed by atoms with E-state index in [9.17, 15) is 4.79 Å². The van der Waals surface area contributed by atoms with Gasteiger partial charge in [0.25, 0.3) is 0 Å². The van der Waals surface area contributed by atoms with E-state index in [2.05, 4.69) is 10.2 Å². The first-order chi connectivity index (χ1) is 9.66. The summed E-state index contributed by atoms with van der Waals surface area (Å²) < 4.78 is 0. The molecular formula is C15H21N3OS. The summed E-state index contributed by atoms with van der Waals surface area (Å²) in [5, 5.41) is 2.90. The number of thiocarbonyl (C=S) groups is 1. The quantitative estimate of drug-likeness (QED) is 0.816. The molecule has 20 heavy (non-hydrogen) atoms. The largest absolute Gasteiger partial charge is 0.389 e. The van der Waals surface area contributed by atoms with E-state index in [1.54, 1.807) is 0 Å². The summed E-state index contributed by atoms with van der Waals surface area (Å²) in [6.45, 7) is 3.04. The predicted octanol–water partition coefficient (Wildman–Crippen LogP) is 2.14. The van der Waals surface area contributed by atoms with Crippen LogP contribution in [0.4, 0.5) is 5.69 Å². The molecule has 0 aromatic heterocycles. The van der Waals surface area contributed by atoms with Crippen LogP contribution >= 0.6 is 12.2 Å². The second kappa shape index (κ2) is 7.36. The molecule has 1 aliphatic rings. The Kier molecular flexibility index (Phi) is 5.49. The number of nitrogens with one attached hydrogen (secondary N) is 1. The van der Waals surface area contributed by atoms with Gasteiger partial charge in [0.2, 0.25) is 5.91 Å². The van der Waals surface area contributed by atoms with Gasteiger partial charge >= 0.3 is 0 Å². The topological polar surface area (TPSA) is 58.4 Å². The zero-order valence-electron chi connectivity index (χ0n) is 11.6. The normalized spacial score (nSPS) is 15.8. The second-order valence-corrected chi connectivity index (χ2v) is 5.55. The van der Waals surface area contributed by atoms with Gasteiger partial charge in [0.15, 0.2) is 0 Å². The van der Waals surface area contributed by atoms with Gasteiger partial charge in [-0.25, -0.2) is 0 Å². The number of piperidine rings is 1. The SMILES string of the molecule is NC(=S)c1ccccc1NC(=O)CCN1CCCCC1. The average Bonchev–Trinajstić information content (AvgIpc) is 2.46. The monoisotopic (exact) mass is 291 g/mol. The number of hydrogen-bond acceptors (Lipinski definition) is 3. The average molecular weight is 291 g/mol. The van der Waals surface area contributed by atoms with Crippen LogP contribution in [-0.2, 0) is 4.79 Å². The number of nitrogens with two attached hydrogens (primary N) is 1. The number of likely N-dealkylation sites (tertiary alicyclic amines) is 1. The molecule has 1 fully saturated rings. The van der Waals surface area contributed by atoms with Crippen LogP contribution in [-0.4, -0.2) is 35.4 Å². The van der Waals surface area contributed by atoms with Gasteiger partial charge in [0.1, 0.15) is 4.99 Å². The molecular weight excluding hydrogens is 270 g/mol. The van der Waals surface area contributed by atoms with Gasteiger partial charge in [0.05, 0.1) is 5.69 Å². The zero-order valence-corrected chi connectivity index (χ0v) is 12.4. The number of benzene rings is 1. The molecule has 0 bridgehead atoms. The molecule has 0 radical (unpaired) electrons. The Bertz CT molecular complexity index is 484. The molecule has 1 aromatic carbocycles. The van der Waals surface area contributed by atoms with E-state index < -0.39 is 0 Å². The molecule has 1 saturated heterocycles. The summed E-state index contributed by atoms with van der Waals surface area (Å²) in [5.41, 5.74) is 7.07. The number of carbonyl (C=O) groups is 1. The molecule has 108 valence electrons. The van der Waals surface area contributed by atoms with Crippen LogP contribution in [0.5, 0.6) is 0 Å². The number of rotatable bonds is 5. The van der Waals surface area contributed by atoms with E-state index in [1.165, 1.54) is 19.3 Å². The van der Waals surface area contributed by atoms with Crippen LogP contribution in [0.25, 0.3) is 0 Å². The lowest BCUT2D eigenvalue weighted by atomic mass is 10.1. The Hall–Kier alpha value is -1.46. The van der Waals surface area contributed by atoms with Gasteiger partial charge < -0.3 is 16.0 Å². The van der Waals surface area contributed by atoms with Gasteiger partial charge in [-0.1, -0.05) is 30.8 Å². The summed E-state index contributed by atoms with van der Waals surface area (Å²) in [6.07, 6.45) is 4.30. The van der Waals surface area contributed by atoms with Crippen LogP contribution in [0.2, 0.25) is 0 Å². The van der Waals surface area contributed by atoms with Crippen molar-refractivity contribution < 1.29 is 4.79 Å². The first-order valence-corrected chi connectivity index (χ1v) is 7.48. The number of amides is 1. The molecule has 1 heterocycles. The van der Waals surface area contributed by atoms with Crippen molar-refractivity contribution in [2.45, 2.75) is 25.7 Å². The molecule has 0 unspecified atom stereocenters. The van der Waals surface area contributed by atoms with Crippen molar-refractivity contribution in [3.05, 3.63) is 29.8 Å². The van der Waals surface area contributed by atoms with E-state index in [4.69, 9.17) is 18.0 Å². The molecule has 1 amide bonds. The van der Waals surface area contributed by atoms with E-state index >= 15 is 0 Å². The van der Waals surface area contributed by atoms with Crippen molar-refractivity contribution in [1.29, 1.82) is 0 Å². The standard InChI is InChI=1S/C15H21N3OS/c16-15(20)12-6-2-3-7-13(12)17-14(19)8-11-18-9-4-1-5-10-18/h2-3,6-7H,1,4-5,8-11H2,(H2,16,20)(H,17,19). The van der Waals surface area contributed by atoms with Gasteiger partial charge in [-0.2, -0.15) is 0 Å². The maximum atomic E-state index is 12.0. The smallest absolute Gasteiger partial charge is 0.225 e. The predicted molar refractivity (Wildman–Crippen MR) is 85.9 cm³/mol. The Morgan fingerprint density at radius 2 is 1.95 bits per heavy atom.